The maximum atomic E-state index is 12.7. The lowest BCUT2D eigenvalue weighted by molar-refractivity contribution is 0.320. The summed E-state index contributed by atoms with van der Waals surface area (Å²) in [7, 11) is 1.85. The predicted molar refractivity (Wildman–Crippen MR) is 45.5 cm³/mol. The Hall–Kier alpha value is -0.900. The maximum absolute atomic E-state index is 12.7. The van der Waals surface area contributed by atoms with Crippen molar-refractivity contribution in [2.45, 2.75) is 19.0 Å². The fraction of sp³-hybridized carbons (Fsp3) is 0.625. The third kappa shape index (κ3) is 2.30. The monoisotopic (exact) mass is 171 g/mol. The number of halogens is 1. The highest BCUT2D eigenvalue weighted by atomic mass is 19.1. The maximum Gasteiger partial charge on any atom is 0.113 e. The molecule has 0 aliphatic heterocycles. The zero-order valence-electron chi connectivity index (χ0n) is 7.20. The fourth-order valence-electron chi connectivity index (χ4n) is 1.07. The molecule has 0 bridgehead atoms. The molecule has 68 valence electrons. The molecule has 12 heavy (non-hydrogen) atoms. The Balaban J connectivity index is 2.38. The summed E-state index contributed by atoms with van der Waals surface area (Å²) < 4.78 is 14.5. The molecule has 4 heteroatoms. The van der Waals surface area contributed by atoms with Crippen LogP contribution in [0.2, 0.25) is 0 Å². The van der Waals surface area contributed by atoms with Crippen molar-refractivity contribution in [3.8, 4) is 0 Å². The second-order valence-corrected chi connectivity index (χ2v) is 2.82. The van der Waals surface area contributed by atoms with Crippen LogP contribution >= 0.6 is 0 Å². The van der Waals surface area contributed by atoms with Crippen LogP contribution in [-0.2, 0) is 13.5 Å². The van der Waals surface area contributed by atoms with E-state index in [0.29, 0.717) is 12.8 Å². The van der Waals surface area contributed by atoms with Gasteiger partial charge in [0.25, 0.3) is 0 Å². The summed E-state index contributed by atoms with van der Waals surface area (Å²) in [6.07, 6.45) is 2.01. The van der Waals surface area contributed by atoms with E-state index in [2.05, 4.69) is 5.10 Å². The van der Waals surface area contributed by atoms with Gasteiger partial charge in [-0.15, -0.1) is 0 Å². The number of rotatable bonds is 4. The number of aryl methyl sites for hydroxylation is 2. The van der Waals surface area contributed by atoms with E-state index in [1.807, 2.05) is 13.1 Å². The lowest BCUT2D eigenvalue weighted by atomic mass is 10.2. The average Bonchev–Trinajstić information content (AvgIpc) is 2.47. The second kappa shape index (κ2) is 4.21. The van der Waals surface area contributed by atoms with Gasteiger partial charge in [0.1, 0.15) is 6.17 Å². The summed E-state index contributed by atoms with van der Waals surface area (Å²) in [6.45, 7) is 0.109. The van der Waals surface area contributed by atoms with Gasteiger partial charge in [-0.05, 0) is 18.9 Å². The highest BCUT2D eigenvalue weighted by Gasteiger charge is 2.05. The van der Waals surface area contributed by atoms with Crippen LogP contribution in [0.1, 0.15) is 12.1 Å². The van der Waals surface area contributed by atoms with E-state index in [1.54, 1.807) is 10.9 Å². The number of nitrogens with two attached hydrogens (primary N) is 1. The molecule has 1 unspecified atom stereocenters. The van der Waals surface area contributed by atoms with Gasteiger partial charge in [-0.25, -0.2) is 4.39 Å². The number of hydrogen-bond donors (Lipinski definition) is 1. The van der Waals surface area contributed by atoms with Crippen LogP contribution in [-0.4, -0.2) is 22.5 Å². The largest absolute Gasteiger partial charge is 0.328 e. The predicted octanol–water partition coefficient (Wildman–Crippen LogP) is 0.650. The zero-order chi connectivity index (χ0) is 8.97. The summed E-state index contributed by atoms with van der Waals surface area (Å²) in [5.41, 5.74) is 6.20. The summed E-state index contributed by atoms with van der Waals surface area (Å²) >= 11 is 0. The molecule has 0 radical (unpaired) electrons. The molecule has 1 aromatic rings. The number of nitrogens with zero attached hydrogens (tertiary/aromatic N) is 2. The third-order valence-corrected chi connectivity index (χ3v) is 1.89. The van der Waals surface area contributed by atoms with Gasteiger partial charge in [-0.2, -0.15) is 5.10 Å². The first-order valence-electron chi connectivity index (χ1n) is 4.05. The van der Waals surface area contributed by atoms with Crippen molar-refractivity contribution >= 4 is 0 Å². The SMILES string of the molecule is Cn1nccc1CCC(F)CN. The van der Waals surface area contributed by atoms with Crippen LogP contribution in [0.4, 0.5) is 4.39 Å². The molecule has 0 saturated heterocycles. The van der Waals surface area contributed by atoms with E-state index in [0.717, 1.165) is 5.69 Å². The Morgan fingerprint density at radius 1 is 1.75 bits per heavy atom. The first kappa shape index (κ1) is 9.19. The molecule has 1 aromatic heterocycles. The quantitative estimate of drug-likeness (QED) is 0.722. The van der Waals surface area contributed by atoms with Crippen molar-refractivity contribution in [2.24, 2.45) is 12.8 Å². The summed E-state index contributed by atoms with van der Waals surface area (Å²) in [4.78, 5) is 0. The lowest BCUT2D eigenvalue weighted by Gasteiger charge is -2.04. The standard InChI is InChI=1S/C8H14FN3/c1-12-8(4-5-11-12)3-2-7(9)6-10/h4-5,7H,2-3,6,10H2,1H3. The van der Waals surface area contributed by atoms with Crippen LogP contribution in [0, 0.1) is 0 Å². The van der Waals surface area contributed by atoms with Crippen molar-refractivity contribution in [3.05, 3.63) is 18.0 Å². The second-order valence-electron chi connectivity index (χ2n) is 2.82. The van der Waals surface area contributed by atoms with E-state index >= 15 is 0 Å². The Morgan fingerprint density at radius 2 is 2.50 bits per heavy atom. The number of hydrogen-bond acceptors (Lipinski definition) is 2. The molecule has 0 spiro atoms. The molecule has 0 aliphatic rings. The summed E-state index contributed by atoms with van der Waals surface area (Å²) in [5, 5.41) is 3.98. The minimum absolute atomic E-state index is 0.109. The van der Waals surface area contributed by atoms with Crippen molar-refractivity contribution in [1.82, 2.24) is 9.78 Å². The fourth-order valence-corrected chi connectivity index (χ4v) is 1.07. The van der Waals surface area contributed by atoms with Gasteiger partial charge < -0.3 is 5.73 Å². The normalized spacial score (nSPS) is 13.2. The molecule has 1 heterocycles. The van der Waals surface area contributed by atoms with Crippen LogP contribution in [0.3, 0.4) is 0 Å². The van der Waals surface area contributed by atoms with Crippen molar-refractivity contribution in [2.75, 3.05) is 6.54 Å². The highest BCUT2D eigenvalue weighted by Crippen LogP contribution is 2.04. The average molecular weight is 171 g/mol. The molecule has 0 amide bonds. The van der Waals surface area contributed by atoms with Crippen LogP contribution < -0.4 is 5.73 Å². The van der Waals surface area contributed by atoms with Crippen LogP contribution in [0.5, 0.6) is 0 Å². The lowest BCUT2D eigenvalue weighted by Crippen LogP contribution is -2.16. The van der Waals surface area contributed by atoms with E-state index in [9.17, 15) is 4.39 Å². The minimum Gasteiger partial charge on any atom is -0.328 e. The van der Waals surface area contributed by atoms with Crippen molar-refractivity contribution in [3.63, 3.8) is 0 Å². The Labute approximate surface area is 71.4 Å². The van der Waals surface area contributed by atoms with E-state index in [4.69, 9.17) is 5.73 Å². The van der Waals surface area contributed by atoms with Gasteiger partial charge in [0.15, 0.2) is 0 Å². The first-order valence-corrected chi connectivity index (χ1v) is 4.05. The molecule has 0 aliphatic carbocycles. The van der Waals surface area contributed by atoms with Gasteiger partial charge in [-0.3, -0.25) is 4.68 Å². The molecule has 0 saturated carbocycles. The summed E-state index contributed by atoms with van der Waals surface area (Å²) in [5.74, 6) is 0. The molecule has 1 atom stereocenters. The van der Waals surface area contributed by atoms with Gasteiger partial charge >= 0.3 is 0 Å². The molecular weight excluding hydrogens is 157 g/mol. The van der Waals surface area contributed by atoms with Gasteiger partial charge in [0.05, 0.1) is 0 Å². The highest BCUT2D eigenvalue weighted by molar-refractivity contribution is 5.00. The molecule has 0 fully saturated rings. The molecule has 3 nitrogen and oxygen atoms in total. The van der Waals surface area contributed by atoms with Crippen molar-refractivity contribution < 1.29 is 4.39 Å². The van der Waals surface area contributed by atoms with Crippen LogP contribution in [0.25, 0.3) is 0 Å². The minimum atomic E-state index is -0.889. The first-order chi connectivity index (χ1) is 5.74. The van der Waals surface area contributed by atoms with Crippen LogP contribution in [0.15, 0.2) is 12.3 Å². The molecular formula is C8H14FN3. The number of alkyl halides is 1. The molecule has 2 N–H and O–H groups in total. The van der Waals surface area contributed by atoms with E-state index < -0.39 is 6.17 Å². The third-order valence-electron chi connectivity index (χ3n) is 1.89. The number of aromatic nitrogens is 2. The smallest absolute Gasteiger partial charge is 0.113 e. The summed E-state index contributed by atoms with van der Waals surface area (Å²) in [6, 6.07) is 1.89. The molecule has 0 aromatic carbocycles. The van der Waals surface area contributed by atoms with Crippen molar-refractivity contribution in [1.29, 1.82) is 0 Å². The van der Waals surface area contributed by atoms with Gasteiger partial charge in [-0.1, -0.05) is 0 Å². The Morgan fingerprint density at radius 3 is 3.00 bits per heavy atom. The van der Waals surface area contributed by atoms with Gasteiger partial charge in [0, 0.05) is 25.5 Å². The topological polar surface area (TPSA) is 43.8 Å². The Bertz CT molecular complexity index is 234. The van der Waals surface area contributed by atoms with Gasteiger partial charge in [0.2, 0.25) is 0 Å². The zero-order valence-corrected chi connectivity index (χ0v) is 7.20. The van der Waals surface area contributed by atoms with E-state index in [1.165, 1.54) is 0 Å². The Kier molecular flexibility index (Phi) is 3.22. The van der Waals surface area contributed by atoms with E-state index in [-0.39, 0.29) is 6.54 Å². The molecule has 1 rings (SSSR count).